The van der Waals surface area contributed by atoms with Crippen LogP contribution in [-0.4, -0.2) is 209 Å². The maximum Gasteiger partial charge on any atom is 0.321 e. The van der Waals surface area contributed by atoms with Crippen LogP contribution in [0.3, 0.4) is 0 Å². The summed E-state index contributed by atoms with van der Waals surface area (Å²) in [7, 11) is 0. The lowest BCUT2D eigenvalue weighted by atomic mass is 10.0. The lowest BCUT2D eigenvalue weighted by Crippen LogP contribution is -2.56. The Kier molecular flexibility index (Phi) is 22.0. The summed E-state index contributed by atoms with van der Waals surface area (Å²) in [6.45, 7) is 3.06. The molecule has 0 saturated carbocycles. The average molecular weight is 759 g/mol. The molecule has 0 aliphatic carbocycles. The first-order valence-corrected chi connectivity index (χ1v) is 18.0. The topological polar surface area (TPSA) is 251 Å². The lowest BCUT2D eigenvalue weighted by molar-refractivity contribution is -0.148. The van der Waals surface area contributed by atoms with Crippen molar-refractivity contribution in [1.29, 1.82) is 0 Å². The number of hydrogen-bond donors (Lipinski definition) is 7. The van der Waals surface area contributed by atoms with Gasteiger partial charge in [0, 0.05) is 78.8 Å². The largest absolute Gasteiger partial charge is 0.491 e. The predicted octanol–water partition coefficient (Wildman–Crippen LogP) is -1.16. The second-order valence-corrected chi connectivity index (χ2v) is 12.6. The third kappa shape index (κ3) is 16.2. The number of benzene rings is 1. The maximum absolute atomic E-state index is 12.9. The van der Waals surface area contributed by atoms with Gasteiger partial charge in [0.2, 0.25) is 0 Å². The molecule has 0 bridgehead atoms. The van der Waals surface area contributed by atoms with E-state index in [0.717, 1.165) is 0 Å². The van der Waals surface area contributed by atoms with Crippen LogP contribution in [0.15, 0.2) is 24.3 Å². The van der Waals surface area contributed by atoms with E-state index in [2.05, 4.69) is 0 Å². The highest BCUT2D eigenvalue weighted by molar-refractivity contribution is 5.75. The van der Waals surface area contributed by atoms with Crippen LogP contribution in [0, 0.1) is 0 Å². The van der Waals surface area contributed by atoms with Crippen LogP contribution in [0.4, 0.5) is 0 Å². The van der Waals surface area contributed by atoms with Crippen LogP contribution in [0.2, 0.25) is 0 Å². The van der Waals surface area contributed by atoms with Gasteiger partial charge in [0.1, 0.15) is 36.5 Å². The second kappa shape index (κ2) is 25.5. The maximum atomic E-state index is 12.9. The van der Waals surface area contributed by atoms with Crippen LogP contribution in [0.5, 0.6) is 5.75 Å². The number of rotatable bonds is 24. The van der Waals surface area contributed by atoms with Gasteiger partial charge in [-0.1, -0.05) is 12.1 Å². The normalized spacial score (nSPS) is 18.3. The van der Waals surface area contributed by atoms with E-state index in [1.165, 1.54) is 0 Å². The van der Waals surface area contributed by atoms with Gasteiger partial charge in [0.25, 0.3) is 0 Å². The van der Waals surface area contributed by atoms with E-state index in [1.807, 2.05) is 6.92 Å². The summed E-state index contributed by atoms with van der Waals surface area (Å²) >= 11 is 0. The minimum Gasteiger partial charge on any atom is -0.491 e. The molecule has 1 aliphatic rings. The van der Waals surface area contributed by atoms with Gasteiger partial charge in [-0.3, -0.25) is 38.8 Å². The standard InChI is InChI=1S/C35H58N4O14/c1-2-51-21-22-52-23-24-53-27-5-3-26(4-6-27)25-31(35(49)50)39-16-14-37(29(8-19-41)33(45)46)12-10-36(28(7-18-40)32(43)44)11-13-38(15-17-39)30(9-20-42)34(47)48/h3-6,28-31,40-42H,2,7-25H2,1H3,(H,43,44)(H,45,46)(H,47,48)(H,49,50). The fourth-order valence-corrected chi connectivity index (χ4v) is 6.38. The van der Waals surface area contributed by atoms with Gasteiger partial charge >= 0.3 is 23.9 Å². The highest BCUT2D eigenvalue weighted by Crippen LogP contribution is 2.18. The first-order chi connectivity index (χ1) is 25.5. The third-order valence-electron chi connectivity index (χ3n) is 9.23. The van der Waals surface area contributed by atoms with Crippen molar-refractivity contribution in [2.45, 2.75) is 56.8 Å². The van der Waals surface area contributed by atoms with E-state index < -0.39 is 67.9 Å². The van der Waals surface area contributed by atoms with Crippen molar-refractivity contribution in [3.63, 3.8) is 0 Å². The lowest BCUT2D eigenvalue weighted by Gasteiger charge is -2.39. The minimum atomic E-state index is -1.21. The zero-order valence-electron chi connectivity index (χ0n) is 30.5. The highest BCUT2D eigenvalue weighted by atomic mass is 16.5. The third-order valence-corrected chi connectivity index (χ3v) is 9.23. The number of hydrogen-bond acceptors (Lipinski definition) is 14. The first kappa shape index (κ1) is 45.7. The number of ether oxygens (including phenoxy) is 3. The quantitative estimate of drug-likeness (QED) is 0.0615. The van der Waals surface area contributed by atoms with Crippen molar-refractivity contribution >= 4 is 23.9 Å². The van der Waals surface area contributed by atoms with Gasteiger partial charge in [0.05, 0.1) is 19.8 Å². The first-order valence-electron chi connectivity index (χ1n) is 18.0. The molecule has 1 aromatic rings. The number of aliphatic hydroxyl groups excluding tert-OH is 3. The molecule has 1 heterocycles. The number of carboxylic acids is 4. The van der Waals surface area contributed by atoms with E-state index >= 15 is 0 Å². The van der Waals surface area contributed by atoms with E-state index in [1.54, 1.807) is 43.9 Å². The van der Waals surface area contributed by atoms with Crippen molar-refractivity contribution < 1.29 is 69.1 Å². The monoisotopic (exact) mass is 758 g/mol. The molecule has 0 amide bonds. The Morgan fingerprint density at radius 2 is 0.887 bits per heavy atom. The Hall–Kier alpha value is -3.46. The van der Waals surface area contributed by atoms with Crippen molar-refractivity contribution in [3.8, 4) is 5.75 Å². The number of nitrogens with zero attached hydrogens (tertiary/aromatic N) is 4. The van der Waals surface area contributed by atoms with Crippen molar-refractivity contribution in [1.82, 2.24) is 19.6 Å². The molecule has 1 fully saturated rings. The summed E-state index contributed by atoms with van der Waals surface area (Å²) in [4.78, 5) is 56.2. The molecule has 0 aromatic heterocycles. The van der Waals surface area contributed by atoms with Gasteiger partial charge in [0.15, 0.2) is 0 Å². The Balaban J connectivity index is 2.40. The summed E-state index contributed by atoms with van der Waals surface area (Å²) < 4.78 is 16.4. The van der Waals surface area contributed by atoms with Gasteiger partial charge in [-0.2, -0.15) is 0 Å². The zero-order chi connectivity index (χ0) is 39.2. The summed E-state index contributed by atoms with van der Waals surface area (Å²) in [5.41, 5.74) is 0.684. The Bertz CT molecular complexity index is 1190. The SMILES string of the molecule is CCOCCOCCOc1ccc(CC(C(=O)O)N2CCN(C(CCO)C(=O)O)CCN(C(CCO)C(=O)O)CCN(C(CCO)C(=O)O)CC2)cc1. The van der Waals surface area contributed by atoms with Crippen LogP contribution in [0.25, 0.3) is 0 Å². The molecule has 18 heteroatoms. The zero-order valence-corrected chi connectivity index (χ0v) is 30.5. The van der Waals surface area contributed by atoms with E-state index in [0.29, 0.717) is 44.3 Å². The molecule has 2 rings (SSSR count). The highest BCUT2D eigenvalue weighted by Gasteiger charge is 2.34. The molecule has 1 saturated heterocycles. The smallest absolute Gasteiger partial charge is 0.321 e. The fraction of sp³-hybridized carbons (Fsp3) is 0.714. The summed E-state index contributed by atoms with van der Waals surface area (Å²) in [5, 5.41) is 69.6. The Morgan fingerprint density at radius 1 is 0.547 bits per heavy atom. The molecule has 4 atom stereocenters. The molecular formula is C35H58N4O14. The fourth-order valence-electron chi connectivity index (χ4n) is 6.38. The molecule has 302 valence electrons. The number of aliphatic hydroxyl groups is 3. The van der Waals surface area contributed by atoms with E-state index in [4.69, 9.17) is 14.2 Å². The van der Waals surface area contributed by atoms with Crippen LogP contribution >= 0.6 is 0 Å². The molecule has 7 N–H and O–H groups in total. The summed E-state index contributed by atoms with van der Waals surface area (Å²) in [6, 6.07) is 2.37. The molecule has 1 aromatic carbocycles. The molecule has 0 radical (unpaired) electrons. The Morgan fingerprint density at radius 3 is 1.23 bits per heavy atom. The van der Waals surface area contributed by atoms with Gasteiger partial charge < -0.3 is 50.0 Å². The predicted molar refractivity (Wildman–Crippen MR) is 190 cm³/mol. The van der Waals surface area contributed by atoms with Crippen LogP contribution < -0.4 is 4.74 Å². The molecule has 4 unspecified atom stereocenters. The van der Waals surface area contributed by atoms with Gasteiger partial charge in [-0.15, -0.1) is 0 Å². The minimum absolute atomic E-state index is 0.0218. The second-order valence-electron chi connectivity index (χ2n) is 12.6. The molecule has 53 heavy (non-hydrogen) atoms. The van der Waals surface area contributed by atoms with Crippen LogP contribution in [0.1, 0.15) is 31.7 Å². The van der Waals surface area contributed by atoms with Crippen molar-refractivity contribution in [2.24, 2.45) is 0 Å². The van der Waals surface area contributed by atoms with Gasteiger partial charge in [-0.25, -0.2) is 0 Å². The van der Waals surface area contributed by atoms with Crippen molar-refractivity contribution in [2.75, 3.05) is 105 Å². The average Bonchev–Trinajstić information content (AvgIpc) is 3.12. The van der Waals surface area contributed by atoms with Gasteiger partial charge in [-0.05, 0) is 50.3 Å². The van der Waals surface area contributed by atoms with Crippen LogP contribution in [-0.2, 0) is 35.1 Å². The van der Waals surface area contributed by atoms with Crippen molar-refractivity contribution in [3.05, 3.63) is 29.8 Å². The van der Waals surface area contributed by atoms with E-state index in [-0.39, 0.29) is 78.0 Å². The Labute approximate surface area is 310 Å². The number of aliphatic carboxylic acids is 4. The molecule has 1 aliphatic heterocycles. The molecule has 0 spiro atoms. The number of carbonyl (C=O) groups is 4. The number of carboxylic acid groups (broad SMARTS) is 4. The summed E-state index contributed by atoms with van der Waals surface area (Å²) in [6.07, 6.45) is -0.319. The molecular weight excluding hydrogens is 700 g/mol. The summed E-state index contributed by atoms with van der Waals surface area (Å²) in [5.74, 6) is -4.20. The molecule has 18 nitrogen and oxygen atoms in total. The van der Waals surface area contributed by atoms with E-state index in [9.17, 15) is 54.9 Å².